The predicted octanol–water partition coefficient (Wildman–Crippen LogP) is 1.01. The van der Waals surface area contributed by atoms with Crippen molar-refractivity contribution < 1.29 is 4.79 Å². The second-order valence-corrected chi connectivity index (χ2v) is 6.30. The van der Waals surface area contributed by atoms with Crippen LogP contribution in [0.1, 0.15) is 42.6 Å². The molecule has 1 amide bonds. The highest BCUT2D eigenvalue weighted by Crippen LogP contribution is 2.16. The van der Waals surface area contributed by atoms with Crippen molar-refractivity contribution in [3.8, 4) is 0 Å². The third kappa shape index (κ3) is 3.34. The summed E-state index contributed by atoms with van der Waals surface area (Å²) < 4.78 is 1.73. The third-order valence-corrected chi connectivity index (χ3v) is 4.70. The van der Waals surface area contributed by atoms with Gasteiger partial charge in [-0.15, -0.1) is 0 Å². The maximum atomic E-state index is 12.5. The Hall–Kier alpha value is -2.02. The number of rotatable bonds is 3. The van der Waals surface area contributed by atoms with E-state index in [0.717, 1.165) is 49.3 Å². The lowest BCUT2D eigenvalue weighted by Crippen LogP contribution is -2.33. The normalized spacial score (nSPS) is 19.1. The summed E-state index contributed by atoms with van der Waals surface area (Å²) in [7, 11) is 0. The van der Waals surface area contributed by atoms with E-state index < -0.39 is 0 Å². The summed E-state index contributed by atoms with van der Waals surface area (Å²) in [6.45, 7) is 5.57. The Morgan fingerprint density at radius 3 is 3.00 bits per heavy atom. The van der Waals surface area contributed by atoms with Crippen molar-refractivity contribution >= 4 is 11.7 Å². The lowest BCUT2D eigenvalue weighted by atomic mass is 10.1. The first-order valence-electron chi connectivity index (χ1n) is 8.25. The van der Waals surface area contributed by atoms with Gasteiger partial charge < -0.3 is 10.6 Å². The second kappa shape index (κ2) is 6.62. The maximum Gasteiger partial charge on any atom is 0.252 e. The molecule has 1 fully saturated rings. The van der Waals surface area contributed by atoms with Crippen molar-refractivity contribution in [3.05, 3.63) is 23.3 Å². The summed E-state index contributed by atoms with van der Waals surface area (Å²) >= 11 is 0. The van der Waals surface area contributed by atoms with Crippen LogP contribution in [-0.4, -0.2) is 49.5 Å². The highest BCUT2D eigenvalue weighted by Gasteiger charge is 2.19. The zero-order valence-electron chi connectivity index (χ0n) is 13.8. The smallest absolute Gasteiger partial charge is 0.252 e. The molecule has 2 N–H and O–H groups in total. The molecule has 2 aromatic rings. The van der Waals surface area contributed by atoms with Gasteiger partial charge in [0.1, 0.15) is 6.33 Å². The molecular formula is C16H24N6O. The Bertz CT molecular complexity index is 710. The Balaban J connectivity index is 1.69. The van der Waals surface area contributed by atoms with Crippen molar-refractivity contribution in [2.45, 2.75) is 52.0 Å². The van der Waals surface area contributed by atoms with E-state index in [9.17, 15) is 4.79 Å². The van der Waals surface area contributed by atoms with Gasteiger partial charge in [-0.2, -0.15) is 10.1 Å². The molecule has 1 unspecified atom stereocenters. The topological polar surface area (TPSA) is 89.4 Å². The van der Waals surface area contributed by atoms with Gasteiger partial charge in [0, 0.05) is 36.9 Å². The van der Waals surface area contributed by atoms with Crippen LogP contribution in [0.25, 0.3) is 5.78 Å². The van der Waals surface area contributed by atoms with Gasteiger partial charge in [0.2, 0.25) is 5.91 Å². The van der Waals surface area contributed by atoms with E-state index in [-0.39, 0.29) is 11.9 Å². The summed E-state index contributed by atoms with van der Waals surface area (Å²) in [5.74, 6) is 0.813. The minimum Gasteiger partial charge on any atom is -0.343 e. The van der Waals surface area contributed by atoms with E-state index in [4.69, 9.17) is 5.73 Å². The molecule has 0 aliphatic carbocycles. The molecule has 2 aromatic heterocycles. The van der Waals surface area contributed by atoms with Gasteiger partial charge in [0.15, 0.2) is 0 Å². The maximum absolute atomic E-state index is 12.5. The summed E-state index contributed by atoms with van der Waals surface area (Å²) in [6.07, 6.45) is 5.59. The fraction of sp³-hybridized carbons (Fsp3) is 0.625. The molecule has 0 aromatic carbocycles. The van der Waals surface area contributed by atoms with E-state index >= 15 is 0 Å². The van der Waals surface area contributed by atoms with Gasteiger partial charge >= 0.3 is 0 Å². The van der Waals surface area contributed by atoms with Crippen LogP contribution in [0.3, 0.4) is 0 Å². The third-order valence-electron chi connectivity index (χ3n) is 4.70. The number of hydrogen-bond donors (Lipinski definition) is 1. The van der Waals surface area contributed by atoms with Crippen LogP contribution >= 0.6 is 0 Å². The largest absolute Gasteiger partial charge is 0.343 e. The lowest BCUT2D eigenvalue weighted by Gasteiger charge is -2.21. The first-order valence-corrected chi connectivity index (χ1v) is 8.25. The van der Waals surface area contributed by atoms with Crippen LogP contribution in [0, 0.1) is 13.8 Å². The summed E-state index contributed by atoms with van der Waals surface area (Å²) in [5, 5.41) is 4.19. The molecule has 23 heavy (non-hydrogen) atoms. The van der Waals surface area contributed by atoms with Crippen LogP contribution in [0.15, 0.2) is 6.33 Å². The number of aromatic nitrogens is 4. The van der Waals surface area contributed by atoms with Gasteiger partial charge in [-0.3, -0.25) is 4.79 Å². The number of nitrogens with zero attached hydrogens (tertiary/aromatic N) is 5. The second-order valence-electron chi connectivity index (χ2n) is 6.30. The van der Waals surface area contributed by atoms with E-state index in [1.54, 1.807) is 4.52 Å². The van der Waals surface area contributed by atoms with Crippen LogP contribution in [0.4, 0.5) is 0 Å². The molecule has 3 rings (SSSR count). The molecule has 0 bridgehead atoms. The number of carbonyl (C=O) groups excluding carboxylic acids is 1. The molecule has 0 saturated carbocycles. The fourth-order valence-corrected chi connectivity index (χ4v) is 3.28. The average molecular weight is 316 g/mol. The van der Waals surface area contributed by atoms with Gasteiger partial charge in [0.25, 0.3) is 5.78 Å². The first kappa shape index (κ1) is 15.9. The number of nitrogens with two attached hydrogens (primary N) is 1. The van der Waals surface area contributed by atoms with Crippen LogP contribution in [0.5, 0.6) is 0 Å². The standard InChI is InChI=1S/C16H24N6O/c1-11-14(12(2)22-16(20-11)18-10-19-22)5-6-15(23)21-8-3-4-13(17)7-9-21/h10,13H,3-9,17H2,1-2H3. The van der Waals surface area contributed by atoms with Crippen molar-refractivity contribution in [2.75, 3.05) is 13.1 Å². The van der Waals surface area contributed by atoms with Crippen LogP contribution in [0.2, 0.25) is 0 Å². The monoisotopic (exact) mass is 316 g/mol. The van der Waals surface area contributed by atoms with Crippen molar-refractivity contribution in [1.82, 2.24) is 24.5 Å². The average Bonchev–Trinajstić information content (AvgIpc) is 2.87. The number of fused-ring (bicyclic) bond motifs is 1. The Morgan fingerprint density at radius 1 is 1.35 bits per heavy atom. The minimum atomic E-state index is 0.205. The molecule has 0 spiro atoms. The van der Waals surface area contributed by atoms with E-state index in [2.05, 4.69) is 15.1 Å². The van der Waals surface area contributed by atoms with Gasteiger partial charge in [-0.25, -0.2) is 9.50 Å². The zero-order chi connectivity index (χ0) is 16.4. The van der Waals surface area contributed by atoms with Gasteiger partial charge in [-0.1, -0.05) is 0 Å². The molecular weight excluding hydrogens is 292 g/mol. The zero-order valence-corrected chi connectivity index (χ0v) is 13.8. The Morgan fingerprint density at radius 2 is 2.17 bits per heavy atom. The van der Waals surface area contributed by atoms with Crippen LogP contribution < -0.4 is 5.73 Å². The van der Waals surface area contributed by atoms with E-state index in [1.807, 2.05) is 18.7 Å². The van der Waals surface area contributed by atoms with Crippen molar-refractivity contribution in [2.24, 2.45) is 5.73 Å². The van der Waals surface area contributed by atoms with Crippen molar-refractivity contribution in [1.29, 1.82) is 0 Å². The Kier molecular flexibility index (Phi) is 4.56. The molecule has 7 heteroatoms. The molecule has 0 radical (unpaired) electrons. The van der Waals surface area contributed by atoms with E-state index in [1.165, 1.54) is 6.33 Å². The first-order chi connectivity index (χ1) is 11.1. The molecule has 3 heterocycles. The highest BCUT2D eigenvalue weighted by atomic mass is 16.2. The van der Waals surface area contributed by atoms with E-state index in [0.29, 0.717) is 18.6 Å². The summed E-state index contributed by atoms with van der Waals surface area (Å²) in [6, 6.07) is 0.233. The molecule has 1 saturated heterocycles. The number of likely N-dealkylation sites (tertiary alicyclic amines) is 1. The minimum absolute atomic E-state index is 0.205. The Labute approximate surface area is 135 Å². The number of carbonyl (C=O) groups is 1. The number of aryl methyl sites for hydroxylation is 2. The summed E-state index contributed by atoms with van der Waals surface area (Å²) in [5.41, 5.74) is 9.00. The van der Waals surface area contributed by atoms with Gasteiger partial charge in [0.05, 0.1) is 0 Å². The molecule has 1 aliphatic heterocycles. The summed E-state index contributed by atoms with van der Waals surface area (Å²) in [4.78, 5) is 23.0. The molecule has 1 atom stereocenters. The quantitative estimate of drug-likeness (QED) is 0.913. The highest BCUT2D eigenvalue weighted by molar-refractivity contribution is 5.76. The number of hydrogen-bond acceptors (Lipinski definition) is 5. The lowest BCUT2D eigenvalue weighted by molar-refractivity contribution is -0.131. The SMILES string of the molecule is Cc1nc2ncnn2c(C)c1CCC(=O)N1CCCC(N)CC1. The fourth-order valence-electron chi connectivity index (χ4n) is 3.28. The molecule has 124 valence electrons. The van der Waals surface area contributed by atoms with Crippen molar-refractivity contribution in [3.63, 3.8) is 0 Å². The number of amides is 1. The molecule has 1 aliphatic rings. The van der Waals surface area contributed by atoms with Crippen LogP contribution in [-0.2, 0) is 11.2 Å². The molecule has 7 nitrogen and oxygen atoms in total. The predicted molar refractivity (Wildman–Crippen MR) is 87.0 cm³/mol. The van der Waals surface area contributed by atoms with Gasteiger partial charge in [-0.05, 0) is 45.1 Å².